The minimum absolute atomic E-state index is 0.203. The van der Waals surface area contributed by atoms with Gasteiger partial charge in [-0.3, -0.25) is 14.4 Å². The Morgan fingerprint density at radius 3 is 1.95 bits per heavy atom. The van der Waals surface area contributed by atoms with Crippen LogP contribution in [0.25, 0.3) is 0 Å². The minimum atomic E-state index is -0.875. The van der Waals surface area contributed by atoms with Gasteiger partial charge in [0, 0.05) is 12.8 Å². The maximum Gasteiger partial charge on any atom is 0.285 e. The summed E-state index contributed by atoms with van der Waals surface area (Å²) in [6, 6.07) is 6.49. The van der Waals surface area contributed by atoms with E-state index in [2.05, 4.69) is 0 Å². The summed E-state index contributed by atoms with van der Waals surface area (Å²) in [4.78, 5) is 29.4. The highest BCUT2D eigenvalue weighted by Crippen LogP contribution is 2.28. The Morgan fingerprint density at radius 1 is 1.00 bits per heavy atom. The fourth-order valence-corrected chi connectivity index (χ4v) is 2.45. The smallest absolute Gasteiger partial charge is 0.285 e. The van der Waals surface area contributed by atoms with Crippen LogP contribution in [-0.2, 0) is 4.84 Å². The standard InChI is InChI=1S/C13H13NO5/c15-10-5-7(6-11(10)16)19-14-12(17)8-3-1-2-4-9(8)13(14)18/h1-4,7,10-11,15-16H,5-6H2/t7?,10-,11+. The molecule has 0 bridgehead atoms. The van der Waals surface area contributed by atoms with Crippen molar-refractivity contribution in [3.05, 3.63) is 35.4 Å². The summed E-state index contributed by atoms with van der Waals surface area (Å²) in [5.74, 6) is -1.01. The molecule has 19 heavy (non-hydrogen) atoms. The van der Waals surface area contributed by atoms with Gasteiger partial charge < -0.3 is 10.2 Å². The zero-order valence-corrected chi connectivity index (χ0v) is 10.0. The topological polar surface area (TPSA) is 87.1 Å². The van der Waals surface area contributed by atoms with E-state index < -0.39 is 30.1 Å². The molecule has 1 aromatic rings. The van der Waals surface area contributed by atoms with Crippen molar-refractivity contribution in [1.82, 2.24) is 5.06 Å². The van der Waals surface area contributed by atoms with Gasteiger partial charge >= 0.3 is 0 Å². The number of imide groups is 1. The van der Waals surface area contributed by atoms with Crippen molar-refractivity contribution in [2.24, 2.45) is 0 Å². The molecule has 2 aliphatic rings. The van der Waals surface area contributed by atoms with Crippen LogP contribution in [0.3, 0.4) is 0 Å². The van der Waals surface area contributed by atoms with Crippen LogP contribution in [0.5, 0.6) is 0 Å². The second kappa shape index (κ2) is 4.41. The highest BCUT2D eigenvalue weighted by molar-refractivity contribution is 6.20. The Kier molecular flexibility index (Phi) is 2.85. The summed E-state index contributed by atoms with van der Waals surface area (Å²) in [5.41, 5.74) is 0.623. The second-order valence-electron chi connectivity index (χ2n) is 4.78. The average molecular weight is 263 g/mol. The normalized spacial score (nSPS) is 30.0. The number of hydroxylamine groups is 2. The molecule has 6 heteroatoms. The largest absolute Gasteiger partial charge is 0.390 e. The van der Waals surface area contributed by atoms with Crippen molar-refractivity contribution in [2.75, 3.05) is 0 Å². The van der Waals surface area contributed by atoms with Crippen LogP contribution in [0.1, 0.15) is 33.6 Å². The van der Waals surface area contributed by atoms with E-state index in [1.807, 2.05) is 0 Å². The van der Waals surface area contributed by atoms with Crippen molar-refractivity contribution >= 4 is 11.8 Å². The lowest BCUT2D eigenvalue weighted by molar-refractivity contribution is -0.132. The van der Waals surface area contributed by atoms with Crippen molar-refractivity contribution in [3.63, 3.8) is 0 Å². The van der Waals surface area contributed by atoms with E-state index in [0.717, 1.165) is 5.06 Å². The van der Waals surface area contributed by atoms with Crippen LogP contribution in [0.2, 0.25) is 0 Å². The lowest BCUT2D eigenvalue weighted by Gasteiger charge is -2.18. The lowest BCUT2D eigenvalue weighted by Crippen LogP contribution is -2.34. The Hall–Kier alpha value is -1.76. The molecule has 100 valence electrons. The first-order valence-corrected chi connectivity index (χ1v) is 6.08. The molecule has 1 aliphatic heterocycles. The Bertz CT molecular complexity index is 499. The number of fused-ring (bicyclic) bond motifs is 1. The third-order valence-corrected chi connectivity index (χ3v) is 3.46. The summed E-state index contributed by atoms with van der Waals surface area (Å²) >= 11 is 0. The molecule has 6 nitrogen and oxygen atoms in total. The van der Waals surface area contributed by atoms with Gasteiger partial charge in [-0.1, -0.05) is 12.1 Å². The van der Waals surface area contributed by atoms with E-state index in [0.29, 0.717) is 11.1 Å². The van der Waals surface area contributed by atoms with Gasteiger partial charge in [0.25, 0.3) is 11.8 Å². The van der Waals surface area contributed by atoms with Gasteiger partial charge in [-0.05, 0) is 12.1 Å². The zero-order valence-electron chi connectivity index (χ0n) is 10.0. The first-order chi connectivity index (χ1) is 9.08. The number of hydrogen-bond donors (Lipinski definition) is 2. The Labute approximate surface area is 109 Å². The summed E-state index contributed by atoms with van der Waals surface area (Å²) in [6.45, 7) is 0. The molecule has 0 saturated heterocycles. The lowest BCUT2D eigenvalue weighted by atomic mass is 10.1. The second-order valence-corrected chi connectivity index (χ2v) is 4.78. The summed E-state index contributed by atoms with van der Waals surface area (Å²) < 4.78 is 0. The van der Waals surface area contributed by atoms with Crippen LogP contribution in [0, 0.1) is 0 Å². The number of amides is 2. The molecule has 1 aromatic carbocycles. The molecule has 1 heterocycles. The van der Waals surface area contributed by atoms with Gasteiger partial charge in [0.15, 0.2) is 0 Å². The van der Waals surface area contributed by atoms with E-state index >= 15 is 0 Å². The van der Waals surface area contributed by atoms with Gasteiger partial charge in [-0.25, -0.2) is 0 Å². The SMILES string of the molecule is O=C1c2ccccc2C(=O)N1OC1C[C@@H](O)[C@@H](O)C1. The molecule has 0 radical (unpaired) electrons. The number of rotatable bonds is 2. The predicted octanol–water partition coefficient (Wildman–Crippen LogP) is 0.0984. The van der Waals surface area contributed by atoms with E-state index in [1.165, 1.54) is 0 Å². The number of carbonyl (C=O) groups is 2. The van der Waals surface area contributed by atoms with Gasteiger partial charge in [0.2, 0.25) is 0 Å². The first kappa shape index (κ1) is 12.3. The number of aliphatic hydroxyl groups excluding tert-OH is 2. The van der Waals surface area contributed by atoms with Crippen molar-refractivity contribution in [1.29, 1.82) is 0 Å². The van der Waals surface area contributed by atoms with Crippen molar-refractivity contribution < 1.29 is 24.6 Å². The highest BCUT2D eigenvalue weighted by atomic mass is 16.7. The van der Waals surface area contributed by atoms with Gasteiger partial charge in [-0.2, -0.15) is 0 Å². The molecular weight excluding hydrogens is 250 g/mol. The number of aliphatic hydroxyl groups is 2. The number of hydrogen-bond acceptors (Lipinski definition) is 5. The molecule has 1 aliphatic carbocycles. The van der Waals surface area contributed by atoms with Gasteiger partial charge in [0.05, 0.1) is 29.4 Å². The van der Waals surface area contributed by atoms with E-state index in [1.54, 1.807) is 24.3 Å². The van der Waals surface area contributed by atoms with Gasteiger partial charge in [-0.15, -0.1) is 5.06 Å². The molecule has 0 spiro atoms. The molecule has 0 aromatic heterocycles. The molecule has 2 N–H and O–H groups in total. The Balaban J connectivity index is 1.78. The van der Waals surface area contributed by atoms with Crippen LogP contribution >= 0.6 is 0 Å². The van der Waals surface area contributed by atoms with Crippen LogP contribution in [0.4, 0.5) is 0 Å². The van der Waals surface area contributed by atoms with Crippen LogP contribution in [0.15, 0.2) is 24.3 Å². The van der Waals surface area contributed by atoms with Crippen LogP contribution in [-0.4, -0.2) is 45.4 Å². The fourth-order valence-electron chi connectivity index (χ4n) is 2.45. The summed E-state index contributed by atoms with van der Waals surface area (Å²) in [7, 11) is 0. The molecule has 2 amide bonds. The molecule has 3 atom stereocenters. The molecule has 3 rings (SSSR count). The molecule has 1 fully saturated rings. The third kappa shape index (κ3) is 1.94. The first-order valence-electron chi connectivity index (χ1n) is 6.08. The molecule has 1 unspecified atom stereocenters. The Morgan fingerprint density at radius 2 is 1.47 bits per heavy atom. The number of nitrogens with zero attached hydrogens (tertiary/aromatic N) is 1. The summed E-state index contributed by atoms with van der Waals surface area (Å²) in [6.07, 6.45) is -1.88. The highest BCUT2D eigenvalue weighted by Gasteiger charge is 2.41. The van der Waals surface area contributed by atoms with Crippen molar-refractivity contribution in [3.8, 4) is 0 Å². The molecular formula is C13H13NO5. The molecule has 1 saturated carbocycles. The summed E-state index contributed by atoms with van der Waals surface area (Å²) in [5, 5.41) is 19.6. The van der Waals surface area contributed by atoms with Crippen LogP contribution < -0.4 is 0 Å². The predicted molar refractivity (Wildman–Crippen MR) is 63.1 cm³/mol. The maximum absolute atomic E-state index is 12.0. The maximum atomic E-state index is 12.0. The fraction of sp³-hybridized carbons (Fsp3) is 0.385. The quantitative estimate of drug-likeness (QED) is 0.739. The van der Waals surface area contributed by atoms with Crippen molar-refractivity contribution in [2.45, 2.75) is 31.2 Å². The monoisotopic (exact) mass is 263 g/mol. The zero-order chi connectivity index (χ0) is 13.6. The van der Waals surface area contributed by atoms with E-state index in [9.17, 15) is 19.8 Å². The van der Waals surface area contributed by atoms with E-state index in [4.69, 9.17) is 4.84 Å². The van der Waals surface area contributed by atoms with E-state index in [-0.39, 0.29) is 12.8 Å². The number of carbonyl (C=O) groups excluding carboxylic acids is 2. The average Bonchev–Trinajstić information content (AvgIpc) is 2.84. The third-order valence-electron chi connectivity index (χ3n) is 3.46. The van der Waals surface area contributed by atoms with Gasteiger partial charge in [0.1, 0.15) is 0 Å². The minimum Gasteiger partial charge on any atom is -0.390 e. The number of benzene rings is 1.